The fourth-order valence-electron chi connectivity index (χ4n) is 1.69. The predicted octanol–water partition coefficient (Wildman–Crippen LogP) is 3.76. The first kappa shape index (κ1) is 11.1. The van der Waals surface area contributed by atoms with Crippen LogP contribution >= 0.6 is 11.3 Å². The maximum atomic E-state index is 8.79. The molecule has 0 aliphatic heterocycles. The van der Waals surface area contributed by atoms with E-state index in [4.69, 9.17) is 5.26 Å². The number of fused-ring (bicyclic) bond motifs is 1. The van der Waals surface area contributed by atoms with E-state index in [9.17, 15) is 0 Å². The standard InChI is InChI=1S/C13H14N2S/c1-3-9(2)6-10-4-5-11-12(7-10)16-13(8-14)15-11/h4-5,7,9H,3,6H2,1-2H3. The molecule has 1 unspecified atom stereocenters. The van der Waals surface area contributed by atoms with Gasteiger partial charge in [0.2, 0.25) is 0 Å². The van der Waals surface area contributed by atoms with Crippen LogP contribution in [0.4, 0.5) is 0 Å². The van der Waals surface area contributed by atoms with Gasteiger partial charge in [-0.25, -0.2) is 4.98 Å². The van der Waals surface area contributed by atoms with Gasteiger partial charge in [0.25, 0.3) is 0 Å². The number of thiazole rings is 1. The summed E-state index contributed by atoms with van der Waals surface area (Å²) >= 11 is 1.47. The monoisotopic (exact) mass is 230 g/mol. The number of rotatable bonds is 3. The van der Waals surface area contributed by atoms with E-state index in [0.717, 1.165) is 16.6 Å². The molecule has 1 aromatic carbocycles. The van der Waals surface area contributed by atoms with Gasteiger partial charge in [-0.15, -0.1) is 11.3 Å². The lowest BCUT2D eigenvalue weighted by Gasteiger charge is -2.07. The molecule has 3 heteroatoms. The molecule has 82 valence electrons. The number of hydrogen-bond acceptors (Lipinski definition) is 3. The van der Waals surface area contributed by atoms with Crippen molar-refractivity contribution in [2.45, 2.75) is 26.7 Å². The van der Waals surface area contributed by atoms with Crippen molar-refractivity contribution < 1.29 is 0 Å². The fourth-order valence-corrected chi connectivity index (χ4v) is 2.52. The largest absolute Gasteiger partial charge is 0.226 e. The lowest BCUT2D eigenvalue weighted by atomic mass is 9.99. The molecule has 2 rings (SSSR count). The second kappa shape index (κ2) is 4.63. The van der Waals surface area contributed by atoms with Crippen LogP contribution in [0.15, 0.2) is 18.2 Å². The van der Waals surface area contributed by atoms with Crippen LogP contribution in [-0.2, 0) is 6.42 Å². The maximum absolute atomic E-state index is 8.79. The lowest BCUT2D eigenvalue weighted by molar-refractivity contribution is 0.560. The summed E-state index contributed by atoms with van der Waals surface area (Å²) in [5, 5.41) is 9.34. The van der Waals surface area contributed by atoms with Crippen molar-refractivity contribution >= 4 is 21.6 Å². The molecule has 2 nitrogen and oxygen atoms in total. The van der Waals surface area contributed by atoms with Crippen LogP contribution < -0.4 is 0 Å². The van der Waals surface area contributed by atoms with Crippen molar-refractivity contribution in [1.82, 2.24) is 4.98 Å². The van der Waals surface area contributed by atoms with Crippen LogP contribution in [0.3, 0.4) is 0 Å². The molecule has 0 amide bonds. The number of benzene rings is 1. The average Bonchev–Trinajstić information content (AvgIpc) is 2.71. The zero-order valence-corrected chi connectivity index (χ0v) is 10.3. The number of nitrogens with zero attached hydrogens (tertiary/aromatic N) is 2. The molecule has 0 radical (unpaired) electrons. The van der Waals surface area contributed by atoms with Crippen molar-refractivity contribution in [3.8, 4) is 6.07 Å². The second-order valence-corrected chi connectivity index (χ2v) is 5.18. The second-order valence-electron chi connectivity index (χ2n) is 4.15. The molecule has 2 aromatic rings. The van der Waals surface area contributed by atoms with Crippen molar-refractivity contribution in [2.24, 2.45) is 5.92 Å². The molecule has 1 heterocycles. The summed E-state index contributed by atoms with van der Waals surface area (Å²) in [5.41, 5.74) is 2.28. The molecular formula is C13H14N2S. The van der Waals surface area contributed by atoms with Crippen molar-refractivity contribution in [3.05, 3.63) is 28.8 Å². The molecule has 0 aliphatic rings. The molecule has 0 fully saturated rings. The van der Waals surface area contributed by atoms with Gasteiger partial charge in [0.15, 0.2) is 5.01 Å². The Bertz CT molecular complexity index is 536. The third-order valence-electron chi connectivity index (χ3n) is 2.83. The third kappa shape index (κ3) is 2.23. The van der Waals surface area contributed by atoms with E-state index in [1.54, 1.807) is 0 Å². The minimum absolute atomic E-state index is 0.552. The summed E-state index contributed by atoms with van der Waals surface area (Å²) in [6.45, 7) is 4.47. The zero-order valence-electron chi connectivity index (χ0n) is 9.53. The summed E-state index contributed by atoms with van der Waals surface area (Å²) in [5.74, 6) is 0.709. The van der Waals surface area contributed by atoms with E-state index in [1.807, 2.05) is 6.07 Å². The maximum Gasteiger partial charge on any atom is 0.195 e. The fraction of sp³-hybridized carbons (Fsp3) is 0.385. The Balaban J connectivity index is 2.33. The van der Waals surface area contributed by atoms with Crippen LogP contribution in [0.25, 0.3) is 10.2 Å². The Morgan fingerprint density at radius 3 is 3.00 bits per heavy atom. The topological polar surface area (TPSA) is 36.7 Å². The number of hydrogen-bond donors (Lipinski definition) is 0. The lowest BCUT2D eigenvalue weighted by Crippen LogP contribution is -1.97. The Morgan fingerprint density at radius 2 is 2.31 bits per heavy atom. The van der Waals surface area contributed by atoms with Crippen LogP contribution in [-0.4, -0.2) is 4.98 Å². The third-order valence-corrected chi connectivity index (χ3v) is 3.75. The van der Waals surface area contributed by atoms with E-state index in [1.165, 1.54) is 23.3 Å². The van der Waals surface area contributed by atoms with Crippen LogP contribution in [0.5, 0.6) is 0 Å². The minimum Gasteiger partial charge on any atom is -0.226 e. The van der Waals surface area contributed by atoms with E-state index in [0.29, 0.717) is 10.9 Å². The zero-order chi connectivity index (χ0) is 11.5. The number of nitriles is 1. The van der Waals surface area contributed by atoms with Gasteiger partial charge in [-0.05, 0) is 30.0 Å². The Labute approximate surface area is 99.6 Å². The highest BCUT2D eigenvalue weighted by Crippen LogP contribution is 2.24. The van der Waals surface area contributed by atoms with Crippen molar-refractivity contribution in [1.29, 1.82) is 5.26 Å². The summed E-state index contributed by atoms with van der Waals surface area (Å²) in [7, 11) is 0. The Kier molecular flexibility index (Phi) is 3.21. The van der Waals surface area contributed by atoms with Crippen LogP contribution in [0.2, 0.25) is 0 Å². The molecule has 0 N–H and O–H groups in total. The summed E-state index contributed by atoms with van der Waals surface area (Å²) < 4.78 is 1.12. The predicted molar refractivity (Wildman–Crippen MR) is 67.5 cm³/mol. The SMILES string of the molecule is CCC(C)Cc1ccc2nc(C#N)sc2c1. The molecule has 0 bridgehead atoms. The van der Waals surface area contributed by atoms with E-state index in [-0.39, 0.29) is 0 Å². The molecule has 1 aromatic heterocycles. The first-order valence-corrected chi connectivity index (χ1v) is 6.34. The first-order valence-electron chi connectivity index (χ1n) is 5.52. The highest BCUT2D eigenvalue weighted by molar-refractivity contribution is 7.19. The average molecular weight is 230 g/mol. The van der Waals surface area contributed by atoms with Crippen molar-refractivity contribution in [3.63, 3.8) is 0 Å². The van der Waals surface area contributed by atoms with Crippen LogP contribution in [0, 0.1) is 17.2 Å². The van der Waals surface area contributed by atoms with E-state index >= 15 is 0 Å². The molecule has 0 spiro atoms. The molecule has 16 heavy (non-hydrogen) atoms. The Hall–Kier alpha value is -1.40. The van der Waals surface area contributed by atoms with Gasteiger partial charge in [0.1, 0.15) is 6.07 Å². The smallest absolute Gasteiger partial charge is 0.195 e. The molecule has 0 saturated heterocycles. The van der Waals surface area contributed by atoms with Gasteiger partial charge in [0, 0.05) is 0 Å². The minimum atomic E-state index is 0.552. The number of aromatic nitrogens is 1. The Morgan fingerprint density at radius 1 is 1.50 bits per heavy atom. The molecular weight excluding hydrogens is 216 g/mol. The molecule has 1 atom stereocenters. The van der Waals surface area contributed by atoms with Gasteiger partial charge >= 0.3 is 0 Å². The van der Waals surface area contributed by atoms with Gasteiger partial charge in [-0.1, -0.05) is 26.3 Å². The normalized spacial score (nSPS) is 12.6. The highest BCUT2D eigenvalue weighted by atomic mass is 32.1. The first-order chi connectivity index (χ1) is 7.72. The van der Waals surface area contributed by atoms with Crippen molar-refractivity contribution in [2.75, 3.05) is 0 Å². The van der Waals surface area contributed by atoms with Crippen LogP contribution in [0.1, 0.15) is 30.8 Å². The van der Waals surface area contributed by atoms with Gasteiger partial charge < -0.3 is 0 Å². The summed E-state index contributed by atoms with van der Waals surface area (Å²) in [4.78, 5) is 4.23. The van der Waals surface area contributed by atoms with E-state index in [2.05, 4.69) is 37.0 Å². The van der Waals surface area contributed by atoms with Gasteiger partial charge in [0.05, 0.1) is 10.2 Å². The highest BCUT2D eigenvalue weighted by Gasteiger charge is 2.06. The quantitative estimate of drug-likeness (QED) is 0.805. The molecule has 0 aliphatic carbocycles. The van der Waals surface area contributed by atoms with Gasteiger partial charge in [-0.2, -0.15) is 5.26 Å². The van der Waals surface area contributed by atoms with Gasteiger partial charge in [-0.3, -0.25) is 0 Å². The summed E-state index contributed by atoms with van der Waals surface area (Å²) in [6, 6.07) is 8.40. The summed E-state index contributed by atoms with van der Waals surface area (Å²) in [6.07, 6.45) is 2.30. The van der Waals surface area contributed by atoms with E-state index < -0.39 is 0 Å². The molecule has 0 saturated carbocycles.